The summed E-state index contributed by atoms with van der Waals surface area (Å²) in [6.45, 7) is -0.433. The van der Waals surface area contributed by atoms with E-state index in [1.165, 1.54) is 4.68 Å². The Labute approximate surface area is 184 Å². The predicted molar refractivity (Wildman–Crippen MR) is 115 cm³/mol. The van der Waals surface area contributed by atoms with Gasteiger partial charge >= 0.3 is 0 Å². The van der Waals surface area contributed by atoms with Crippen LogP contribution in [0.15, 0.2) is 54.6 Å². The third-order valence-corrected chi connectivity index (χ3v) is 5.64. The fourth-order valence-corrected chi connectivity index (χ4v) is 3.76. The molecule has 0 saturated carbocycles. The molecule has 1 saturated heterocycles. The van der Waals surface area contributed by atoms with Crippen LogP contribution in [0.2, 0.25) is 0 Å². The standard InChI is InChI=1S/C22H23N3O5S/c1-29-15-9-7-13(8-10-15)11-16-22(31)25(21-19(28)18(27)17(12-26)30-21)24-20(23-16)14-5-3-2-4-6-14/h2-10,17-19,21,26-28H,11-12H2,1H3/t17-,18-,19-,21-/m1/s1. The van der Waals surface area contributed by atoms with Crippen LogP contribution in [0, 0.1) is 4.64 Å². The summed E-state index contributed by atoms with van der Waals surface area (Å²) in [6, 6.07) is 17.0. The van der Waals surface area contributed by atoms with Gasteiger partial charge in [-0.2, -0.15) is 0 Å². The molecule has 4 rings (SSSR count). The summed E-state index contributed by atoms with van der Waals surface area (Å²) in [6.07, 6.45) is -4.09. The normalized spacial score (nSPS) is 23.1. The lowest BCUT2D eigenvalue weighted by molar-refractivity contribution is -0.0602. The van der Waals surface area contributed by atoms with Gasteiger partial charge < -0.3 is 24.8 Å². The summed E-state index contributed by atoms with van der Waals surface area (Å²) in [7, 11) is 1.61. The van der Waals surface area contributed by atoms with Crippen LogP contribution < -0.4 is 4.74 Å². The maximum absolute atomic E-state index is 10.5. The smallest absolute Gasteiger partial charge is 0.180 e. The van der Waals surface area contributed by atoms with Crippen molar-refractivity contribution in [1.82, 2.24) is 14.8 Å². The average molecular weight is 442 g/mol. The van der Waals surface area contributed by atoms with Crippen LogP contribution >= 0.6 is 12.2 Å². The highest BCUT2D eigenvalue weighted by molar-refractivity contribution is 7.71. The minimum absolute atomic E-state index is 0.283. The van der Waals surface area contributed by atoms with E-state index >= 15 is 0 Å². The Balaban J connectivity index is 1.78. The molecule has 1 aliphatic heterocycles. The molecule has 9 heteroatoms. The van der Waals surface area contributed by atoms with E-state index in [4.69, 9.17) is 21.7 Å². The fourth-order valence-electron chi connectivity index (χ4n) is 3.49. The Kier molecular flexibility index (Phi) is 6.40. The highest BCUT2D eigenvalue weighted by atomic mass is 32.1. The molecule has 1 fully saturated rings. The van der Waals surface area contributed by atoms with Crippen molar-refractivity contribution < 1.29 is 24.8 Å². The van der Waals surface area contributed by atoms with E-state index in [-0.39, 0.29) is 4.64 Å². The molecule has 0 radical (unpaired) electrons. The molecule has 3 aromatic rings. The van der Waals surface area contributed by atoms with Crippen LogP contribution in [0.4, 0.5) is 0 Å². The van der Waals surface area contributed by atoms with Crippen molar-refractivity contribution in [3.05, 3.63) is 70.5 Å². The summed E-state index contributed by atoms with van der Waals surface area (Å²) >= 11 is 5.63. The number of benzene rings is 2. The topological polar surface area (TPSA) is 110 Å². The zero-order valence-corrected chi connectivity index (χ0v) is 17.6. The first kappa shape index (κ1) is 21.5. The predicted octanol–water partition coefficient (Wildman–Crippen LogP) is 1.89. The van der Waals surface area contributed by atoms with Crippen LogP contribution in [-0.2, 0) is 11.2 Å². The molecule has 4 atom stereocenters. The molecular formula is C22H23N3O5S. The summed E-state index contributed by atoms with van der Waals surface area (Å²) in [5, 5.41) is 34.6. The van der Waals surface area contributed by atoms with Gasteiger partial charge in [0.2, 0.25) is 0 Å². The molecule has 162 valence electrons. The minimum Gasteiger partial charge on any atom is -0.497 e. The van der Waals surface area contributed by atoms with Gasteiger partial charge in [0.25, 0.3) is 0 Å². The number of rotatable bonds is 6. The third-order valence-electron chi connectivity index (χ3n) is 5.22. The van der Waals surface area contributed by atoms with Crippen LogP contribution in [0.25, 0.3) is 11.4 Å². The molecule has 2 aromatic carbocycles. The molecule has 2 heterocycles. The molecule has 1 aromatic heterocycles. The van der Waals surface area contributed by atoms with Gasteiger partial charge in [-0.15, -0.1) is 5.10 Å². The number of aliphatic hydroxyl groups is 3. The first-order chi connectivity index (χ1) is 15.0. The van der Waals surface area contributed by atoms with Gasteiger partial charge in [0, 0.05) is 12.0 Å². The molecule has 3 N–H and O–H groups in total. The van der Waals surface area contributed by atoms with Crippen LogP contribution in [0.3, 0.4) is 0 Å². The van der Waals surface area contributed by atoms with Gasteiger partial charge in [0.1, 0.15) is 28.7 Å². The molecule has 0 spiro atoms. The number of aromatic nitrogens is 3. The Morgan fingerprint density at radius 3 is 2.39 bits per heavy atom. The SMILES string of the molecule is COc1ccc(Cc2nc(-c3ccccc3)nn([C@@H]3O[C@H](CO)[C@@H](O)[C@H]3O)c2=S)cc1. The van der Waals surface area contributed by atoms with E-state index in [1.807, 2.05) is 54.6 Å². The fraction of sp³-hybridized carbons (Fsp3) is 0.318. The van der Waals surface area contributed by atoms with Crippen molar-refractivity contribution in [1.29, 1.82) is 0 Å². The van der Waals surface area contributed by atoms with Gasteiger partial charge in [-0.1, -0.05) is 54.7 Å². The quantitative estimate of drug-likeness (QED) is 0.498. The van der Waals surface area contributed by atoms with E-state index in [0.717, 1.165) is 16.9 Å². The number of methoxy groups -OCH3 is 1. The first-order valence-corrected chi connectivity index (χ1v) is 10.2. The number of aliphatic hydroxyl groups excluding tert-OH is 3. The highest BCUT2D eigenvalue weighted by Gasteiger charge is 2.44. The van der Waals surface area contributed by atoms with Gasteiger partial charge in [0.15, 0.2) is 12.1 Å². The first-order valence-electron chi connectivity index (χ1n) is 9.82. The second-order valence-corrected chi connectivity index (χ2v) is 7.64. The number of hydrogen-bond donors (Lipinski definition) is 3. The van der Waals surface area contributed by atoms with Crippen molar-refractivity contribution in [2.45, 2.75) is 31.0 Å². The van der Waals surface area contributed by atoms with Gasteiger partial charge in [-0.05, 0) is 17.7 Å². The lowest BCUT2D eigenvalue weighted by Gasteiger charge is -2.19. The molecule has 0 amide bonds. The number of nitrogens with zero attached hydrogens (tertiary/aromatic N) is 3. The van der Waals surface area contributed by atoms with Crippen LogP contribution in [0.5, 0.6) is 5.75 Å². The largest absolute Gasteiger partial charge is 0.497 e. The van der Waals surface area contributed by atoms with E-state index < -0.39 is 31.1 Å². The van der Waals surface area contributed by atoms with E-state index in [1.54, 1.807) is 7.11 Å². The van der Waals surface area contributed by atoms with Gasteiger partial charge in [-0.25, -0.2) is 9.67 Å². The average Bonchev–Trinajstić information content (AvgIpc) is 3.10. The Morgan fingerprint density at radius 2 is 1.77 bits per heavy atom. The summed E-state index contributed by atoms with van der Waals surface area (Å²) in [5.41, 5.74) is 2.32. The Morgan fingerprint density at radius 1 is 1.06 bits per heavy atom. The van der Waals surface area contributed by atoms with Gasteiger partial charge in [-0.3, -0.25) is 0 Å². The van der Waals surface area contributed by atoms with E-state index in [9.17, 15) is 15.3 Å². The van der Waals surface area contributed by atoms with Crippen molar-refractivity contribution in [3.63, 3.8) is 0 Å². The molecule has 0 aliphatic carbocycles. The van der Waals surface area contributed by atoms with Crippen molar-refractivity contribution in [3.8, 4) is 17.1 Å². The number of ether oxygens (including phenoxy) is 2. The maximum atomic E-state index is 10.5. The van der Waals surface area contributed by atoms with Crippen molar-refractivity contribution in [2.75, 3.05) is 13.7 Å². The zero-order chi connectivity index (χ0) is 22.0. The molecule has 31 heavy (non-hydrogen) atoms. The van der Waals surface area contributed by atoms with Crippen LogP contribution in [0.1, 0.15) is 17.5 Å². The van der Waals surface area contributed by atoms with Crippen molar-refractivity contribution in [2.24, 2.45) is 0 Å². The molecule has 8 nitrogen and oxygen atoms in total. The zero-order valence-electron chi connectivity index (χ0n) is 16.8. The van der Waals surface area contributed by atoms with E-state index in [0.29, 0.717) is 17.9 Å². The maximum Gasteiger partial charge on any atom is 0.180 e. The monoisotopic (exact) mass is 441 g/mol. The Hall–Kier alpha value is -2.69. The second kappa shape index (κ2) is 9.21. The Bertz CT molecular complexity index is 1090. The lowest BCUT2D eigenvalue weighted by Crippen LogP contribution is -2.33. The molecular weight excluding hydrogens is 418 g/mol. The minimum atomic E-state index is -1.30. The van der Waals surface area contributed by atoms with Gasteiger partial charge in [0.05, 0.1) is 19.4 Å². The lowest BCUT2D eigenvalue weighted by atomic mass is 10.1. The molecule has 1 aliphatic rings. The third kappa shape index (κ3) is 4.36. The van der Waals surface area contributed by atoms with Crippen molar-refractivity contribution >= 4 is 12.2 Å². The summed E-state index contributed by atoms with van der Waals surface area (Å²) in [5.74, 6) is 1.16. The van der Waals surface area contributed by atoms with Crippen LogP contribution in [-0.4, -0.2) is 62.1 Å². The molecule has 0 unspecified atom stereocenters. The summed E-state index contributed by atoms with van der Waals surface area (Å²) in [4.78, 5) is 4.68. The summed E-state index contributed by atoms with van der Waals surface area (Å²) < 4.78 is 12.5. The highest BCUT2D eigenvalue weighted by Crippen LogP contribution is 2.30. The second-order valence-electron chi connectivity index (χ2n) is 7.25. The van der Waals surface area contributed by atoms with E-state index in [2.05, 4.69) is 10.1 Å². The number of hydrogen-bond acceptors (Lipinski definition) is 8. The molecule has 0 bridgehead atoms.